The number of aryl methyl sites for hydroxylation is 1. The van der Waals surface area contributed by atoms with Gasteiger partial charge in [0.1, 0.15) is 0 Å². The summed E-state index contributed by atoms with van der Waals surface area (Å²) < 4.78 is 31.8. The number of ether oxygens (including phenoxy) is 1. The molecule has 1 heterocycles. The fourth-order valence-electron chi connectivity index (χ4n) is 2.26. The first-order valence-corrected chi connectivity index (χ1v) is 7.92. The van der Waals surface area contributed by atoms with Gasteiger partial charge in [0.15, 0.2) is 0 Å². The number of hydrogen-bond acceptors (Lipinski definition) is 4. The average Bonchev–Trinajstić information content (AvgIpc) is 2.42. The zero-order chi connectivity index (χ0) is 14.8. The Morgan fingerprint density at radius 1 is 1.40 bits per heavy atom. The van der Waals surface area contributed by atoms with E-state index in [4.69, 9.17) is 10.5 Å². The first-order chi connectivity index (χ1) is 9.45. The van der Waals surface area contributed by atoms with Crippen molar-refractivity contribution in [1.82, 2.24) is 4.31 Å². The van der Waals surface area contributed by atoms with Gasteiger partial charge in [0.05, 0.1) is 11.5 Å². The van der Waals surface area contributed by atoms with Crippen LogP contribution in [0, 0.1) is 6.92 Å². The van der Waals surface area contributed by atoms with Crippen molar-refractivity contribution in [3.8, 4) is 0 Å². The van der Waals surface area contributed by atoms with Crippen molar-refractivity contribution in [3.05, 3.63) is 35.4 Å². The minimum Gasteiger partial charge on any atom is -0.399 e. The molecular weight excluding hydrogens is 276 g/mol. The topological polar surface area (TPSA) is 72.6 Å². The van der Waals surface area contributed by atoms with Gasteiger partial charge in [0, 0.05) is 25.9 Å². The molecule has 1 aromatic carbocycles. The van der Waals surface area contributed by atoms with Gasteiger partial charge in [0.25, 0.3) is 0 Å². The Bertz CT molecular complexity index is 623. The third kappa shape index (κ3) is 3.03. The highest BCUT2D eigenvalue weighted by molar-refractivity contribution is 7.89. The molecule has 2 rings (SSSR count). The maximum atomic E-state index is 12.6. The molecule has 0 radical (unpaired) electrons. The quantitative estimate of drug-likeness (QED) is 0.676. The van der Waals surface area contributed by atoms with Crippen LogP contribution in [-0.2, 0) is 14.8 Å². The van der Waals surface area contributed by atoms with Gasteiger partial charge >= 0.3 is 0 Å². The summed E-state index contributed by atoms with van der Waals surface area (Å²) in [4.78, 5) is 0.293. The Morgan fingerprint density at radius 3 is 2.75 bits per heavy atom. The standard InChI is InChI=1S/C14H20N2O3S/c1-11-3-4-13(15)9-14(11)20(17,18)16-7-5-12(6-8-16)10-19-2/h3-5,9H,6-8,10,15H2,1-2H3. The van der Waals surface area contributed by atoms with Crippen LogP contribution < -0.4 is 5.73 Å². The lowest BCUT2D eigenvalue weighted by Gasteiger charge is -2.26. The number of anilines is 1. The molecule has 0 aromatic heterocycles. The van der Waals surface area contributed by atoms with Crippen molar-refractivity contribution in [3.63, 3.8) is 0 Å². The van der Waals surface area contributed by atoms with Crippen LogP contribution in [0.25, 0.3) is 0 Å². The second-order valence-corrected chi connectivity index (χ2v) is 6.84. The van der Waals surface area contributed by atoms with Gasteiger partial charge in [-0.05, 0) is 36.6 Å². The molecule has 20 heavy (non-hydrogen) atoms. The lowest BCUT2D eigenvalue weighted by molar-refractivity contribution is 0.219. The molecule has 0 saturated carbocycles. The summed E-state index contributed by atoms with van der Waals surface area (Å²) >= 11 is 0. The molecule has 0 saturated heterocycles. The number of benzene rings is 1. The molecule has 0 atom stereocenters. The van der Waals surface area contributed by atoms with Crippen molar-refractivity contribution in [1.29, 1.82) is 0 Å². The number of rotatable bonds is 4. The average molecular weight is 296 g/mol. The first kappa shape index (κ1) is 15.0. The number of sulfonamides is 1. The summed E-state index contributed by atoms with van der Waals surface area (Å²) in [6, 6.07) is 4.97. The fraction of sp³-hybridized carbons (Fsp3) is 0.429. The van der Waals surface area contributed by atoms with Crippen molar-refractivity contribution in [2.75, 3.05) is 32.5 Å². The molecular formula is C14H20N2O3S. The van der Waals surface area contributed by atoms with Gasteiger partial charge < -0.3 is 10.5 Å². The largest absolute Gasteiger partial charge is 0.399 e. The number of hydrogen-bond donors (Lipinski definition) is 1. The monoisotopic (exact) mass is 296 g/mol. The van der Waals surface area contributed by atoms with Gasteiger partial charge in [-0.25, -0.2) is 8.42 Å². The zero-order valence-electron chi connectivity index (χ0n) is 11.8. The Balaban J connectivity index is 2.26. The molecule has 6 heteroatoms. The molecule has 1 aliphatic rings. The highest BCUT2D eigenvalue weighted by Crippen LogP contribution is 2.24. The molecule has 0 unspecified atom stereocenters. The van der Waals surface area contributed by atoms with E-state index >= 15 is 0 Å². The Morgan fingerprint density at radius 2 is 2.15 bits per heavy atom. The van der Waals surface area contributed by atoms with Gasteiger partial charge in [-0.3, -0.25) is 0 Å². The highest BCUT2D eigenvalue weighted by Gasteiger charge is 2.27. The second kappa shape index (κ2) is 5.95. The van der Waals surface area contributed by atoms with Crippen molar-refractivity contribution in [2.24, 2.45) is 0 Å². The fourth-order valence-corrected chi connectivity index (χ4v) is 3.90. The normalized spacial score (nSPS) is 17.0. The SMILES string of the molecule is COCC1=CCN(S(=O)(=O)c2cc(N)ccc2C)CC1. The van der Waals surface area contributed by atoms with E-state index in [0.29, 0.717) is 42.3 Å². The van der Waals surface area contributed by atoms with Gasteiger partial charge in [0.2, 0.25) is 10.0 Å². The molecule has 110 valence electrons. The molecule has 0 bridgehead atoms. The Labute approximate surface area is 120 Å². The second-order valence-electron chi connectivity index (χ2n) is 4.93. The lowest BCUT2D eigenvalue weighted by atomic mass is 10.1. The van der Waals surface area contributed by atoms with E-state index < -0.39 is 10.0 Å². The summed E-state index contributed by atoms with van der Waals surface area (Å²) in [5, 5.41) is 0. The molecule has 1 aromatic rings. The predicted octanol–water partition coefficient (Wildman–Crippen LogP) is 1.54. The maximum absolute atomic E-state index is 12.6. The first-order valence-electron chi connectivity index (χ1n) is 6.48. The van der Waals surface area contributed by atoms with Crippen molar-refractivity contribution < 1.29 is 13.2 Å². The number of nitrogens with two attached hydrogens (primary N) is 1. The van der Waals surface area contributed by atoms with E-state index in [-0.39, 0.29) is 0 Å². The number of nitrogens with zero attached hydrogens (tertiary/aromatic N) is 1. The molecule has 5 nitrogen and oxygen atoms in total. The molecule has 0 aliphatic carbocycles. The van der Waals surface area contributed by atoms with Crippen molar-refractivity contribution in [2.45, 2.75) is 18.2 Å². The van der Waals surface area contributed by atoms with E-state index in [9.17, 15) is 8.42 Å². The molecule has 0 amide bonds. The highest BCUT2D eigenvalue weighted by atomic mass is 32.2. The summed E-state index contributed by atoms with van der Waals surface area (Å²) in [7, 11) is -1.85. The summed E-state index contributed by atoms with van der Waals surface area (Å²) in [6.07, 6.45) is 2.63. The van der Waals surface area contributed by atoms with Crippen LogP contribution in [0.15, 0.2) is 34.7 Å². The summed E-state index contributed by atoms with van der Waals surface area (Å²) in [5.41, 5.74) is 8.02. The Kier molecular flexibility index (Phi) is 4.47. The molecule has 0 fully saturated rings. The van der Waals surface area contributed by atoms with Crippen LogP contribution in [-0.4, -0.2) is 39.5 Å². The molecule has 1 aliphatic heterocycles. The Hall–Kier alpha value is -1.37. The van der Waals surface area contributed by atoms with E-state index in [2.05, 4.69) is 0 Å². The van der Waals surface area contributed by atoms with Crippen LogP contribution in [0.5, 0.6) is 0 Å². The smallest absolute Gasteiger partial charge is 0.243 e. The molecule has 2 N–H and O–H groups in total. The van der Waals surface area contributed by atoms with Crippen molar-refractivity contribution >= 4 is 15.7 Å². The predicted molar refractivity (Wildman–Crippen MR) is 78.9 cm³/mol. The van der Waals surface area contributed by atoms with Gasteiger partial charge in [-0.1, -0.05) is 12.1 Å². The number of nitrogen functional groups attached to an aromatic ring is 1. The van der Waals surface area contributed by atoms with Crippen LogP contribution in [0.3, 0.4) is 0 Å². The zero-order valence-corrected chi connectivity index (χ0v) is 12.6. The maximum Gasteiger partial charge on any atom is 0.243 e. The van der Waals surface area contributed by atoms with E-state index in [1.54, 1.807) is 26.2 Å². The van der Waals surface area contributed by atoms with Crippen LogP contribution in [0.4, 0.5) is 5.69 Å². The van der Waals surface area contributed by atoms with Gasteiger partial charge in [-0.15, -0.1) is 0 Å². The summed E-state index contributed by atoms with van der Waals surface area (Å²) in [6.45, 7) is 3.20. The number of methoxy groups -OCH3 is 1. The summed E-state index contributed by atoms with van der Waals surface area (Å²) in [5.74, 6) is 0. The van der Waals surface area contributed by atoms with Gasteiger partial charge in [-0.2, -0.15) is 4.31 Å². The molecule has 0 spiro atoms. The van der Waals surface area contributed by atoms with Crippen LogP contribution >= 0.6 is 0 Å². The third-order valence-corrected chi connectivity index (χ3v) is 5.43. The van der Waals surface area contributed by atoms with E-state index in [1.165, 1.54) is 10.4 Å². The lowest BCUT2D eigenvalue weighted by Crippen LogP contribution is -2.35. The van der Waals surface area contributed by atoms with Crippen LogP contribution in [0.2, 0.25) is 0 Å². The third-order valence-electron chi connectivity index (χ3n) is 3.43. The van der Waals surface area contributed by atoms with Crippen LogP contribution in [0.1, 0.15) is 12.0 Å². The minimum atomic E-state index is -3.49. The van der Waals surface area contributed by atoms with E-state index in [0.717, 1.165) is 5.57 Å². The van der Waals surface area contributed by atoms with E-state index in [1.807, 2.05) is 6.08 Å². The minimum absolute atomic E-state index is 0.293.